The third-order valence-corrected chi connectivity index (χ3v) is 5.34. The molecule has 1 aromatic heterocycles. The van der Waals surface area contributed by atoms with Gasteiger partial charge in [-0.25, -0.2) is 9.78 Å². The normalized spacial score (nSPS) is 16.6. The maximum Gasteiger partial charge on any atom is 0.320 e. The number of imidazole rings is 1. The van der Waals surface area contributed by atoms with Crippen LogP contribution >= 0.6 is 11.6 Å². The van der Waals surface area contributed by atoms with Crippen LogP contribution in [0, 0.1) is 0 Å². The number of nitrogens with one attached hydrogen (secondary N) is 3. The van der Waals surface area contributed by atoms with E-state index in [0.29, 0.717) is 16.5 Å². The summed E-state index contributed by atoms with van der Waals surface area (Å²) in [6.07, 6.45) is 0. The molecule has 0 aliphatic carbocycles. The molecular formula is C23H17ClN4O. The minimum atomic E-state index is -0.451. The summed E-state index contributed by atoms with van der Waals surface area (Å²) in [5.74, 6) is 0.683. The summed E-state index contributed by atoms with van der Waals surface area (Å²) in [5, 5.41) is 6.57. The second kappa shape index (κ2) is 7.11. The van der Waals surface area contributed by atoms with Gasteiger partial charge in [0.15, 0.2) is 0 Å². The molecule has 4 aromatic rings. The Kier molecular flexibility index (Phi) is 4.30. The van der Waals surface area contributed by atoms with Crippen LogP contribution in [0.15, 0.2) is 78.9 Å². The number of hydrogen-bond acceptors (Lipinski definition) is 2. The molecule has 3 aromatic carbocycles. The van der Waals surface area contributed by atoms with Crippen LogP contribution in [0.1, 0.15) is 23.0 Å². The van der Waals surface area contributed by atoms with Crippen molar-refractivity contribution in [2.45, 2.75) is 6.04 Å². The Morgan fingerprint density at radius 3 is 2.38 bits per heavy atom. The van der Waals surface area contributed by atoms with Gasteiger partial charge in [0.2, 0.25) is 0 Å². The van der Waals surface area contributed by atoms with Crippen LogP contribution in [0.2, 0.25) is 5.02 Å². The molecule has 0 saturated carbocycles. The van der Waals surface area contributed by atoms with Crippen LogP contribution < -0.4 is 10.6 Å². The summed E-state index contributed by atoms with van der Waals surface area (Å²) in [7, 11) is 0. The second-order valence-corrected chi connectivity index (χ2v) is 7.22. The Morgan fingerprint density at radius 1 is 0.862 bits per heavy atom. The van der Waals surface area contributed by atoms with Crippen molar-refractivity contribution in [2.75, 3.05) is 0 Å². The highest BCUT2D eigenvalue weighted by molar-refractivity contribution is 6.31. The third kappa shape index (κ3) is 3.15. The first kappa shape index (κ1) is 17.5. The SMILES string of the molecule is O=C1NC(c2ccccc2)=C(c2nc3ccccc3[nH]2)[C@@H](c2ccccc2Cl)N1. The summed E-state index contributed by atoms with van der Waals surface area (Å²) >= 11 is 6.51. The molecule has 1 aliphatic rings. The Bertz CT molecular complexity index is 1210. The van der Waals surface area contributed by atoms with Gasteiger partial charge in [0.1, 0.15) is 5.82 Å². The van der Waals surface area contributed by atoms with Gasteiger partial charge in [0, 0.05) is 10.6 Å². The van der Waals surface area contributed by atoms with Crippen LogP contribution in [0.5, 0.6) is 0 Å². The maximum absolute atomic E-state index is 12.6. The molecule has 0 unspecified atom stereocenters. The molecule has 1 atom stereocenters. The van der Waals surface area contributed by atoms with E-state index in [2.05, 4.69) is 15.6 Å². The number of benzene rings is 3. The number of para-hydroxylation sites is 2. The van der Waals surface area contributed by atoms with Crippen molar-refractivity contribution in [3.63, 3.8) is 0 Å². The van der Waals surface area contributed by atoms with Crippen molar-refractivity contribution in [1.29, 1.82) is 0 Å². The molecular weight excluding hydrogens is 384 g/mol. The number of hydrogen-bond donors (Lipinski definition) is 3. The first-order chi connectivity index (χ1) is 14.2. The molecule has 3 N–H and O–H groups in total. The molecule has 5 nitrogen and oxygen atoms in total. The lowest BCUT2D eigenvalue weighted by Gasteiger charge is -2.30. The lowest BCUT2D eigenvalue weighted by Crippen LogP contribution is -2.43. The lowest BCUT2D eigenvalue weighted by molar-refractivity contribution is 0.242. The number of fused-ring (bicyclic) bond motifs is 1. The second-order valence-electron chi connectivity index (χ2n) is 6.81. The summed E-state index contributed by atoms with van der Waals surface area (Å²) in [5.41, 5.74) is 5.04. The monoisotopic (exact) mass is 400 g/mol. The first-order valence-corrected chi connectivity index (χ1v) is 9.65. The summed E-state index contributed by atoms with van der Waals surface area (Å²) in [6, 6.07) is 24.4. The smallest absolute Gasteiger partial charge is 0.320 e. The molecule has 0 fully saturated rings. The van der Waals surface area contributed by atoms with Gasteiger partial charge in [-0.3, -0.25) is 0 Å². The molecule has 2 heterocycles. The quantitative estimate of drug-likeness (QED) is 0.445. The fraction of sp³-hybridized carbons (Fsp3) is 0.0435. The number of nitrogens with zero attached hydrogens (tertiary/aromatic N) is 1. The predicted molar refractivity (Wildman–Crippen MR) is 115 cm³/mol. The first-order valence-electron chi connectivity index (χ1n) is 9.27. The minimum Gasteiger partial charge on any atom is -0.338 e. The minimum absolute atomic E-state index is 0.284. The molecule has 2 amide bonds. The van der Waals surface area contributed by atoms with E-state index in [1.165, 1.54) is 0 Å². The molecule has 5 rings (SSSR count). The molecule has 0 radical (unpaired) electrons. The van der Waals surface area contributed by atoms with Crippen LogP contribution in [-0.2, 0) is 0 Å². The zero-order valence-corrected chi connectivity index (χ0v) is 16.1. The van der Waals surface area contributed by atoms with E-state index in [-0.39, 0.29) is 6.03 Å². The molecule has 6 heteroatoms. The van der Waals surface area contributed by atoms with Gasteiger partial charge in [-0.1, -0.05) is 72.3 Å². The molecule has 0 spiro atoms. The van der Waals surface area contributed by atoms with E-state index in [1.54, 1.807) is 0 Å². The van der Waals surface area contributed by atoms with E-state index in [1.807, 2.05) is 78.9 Å². The Balaban J connectivity index is 1.79. The largest absolute Gasteiger partial charge is 0.338 e. The average molecular weight is 401 g/mol. The van der Waals surface area contributed by atoms with Crippen LogP contribution in [0.3, 0.4) is 0 Å². The number of halogens is 1. The molecule has 0 bridgehead atoms. The Hall–Kier alpha value is -3.57. The summed E-state index contributed by atoms with van der Waals surface area (Å²) in [4.78, 5) is 20.8. The zero-order chi connectivity index (χ0) is 19.8. The van der Waals surface area contributed by atoms with Gasteiger partial charge >= 0.3 is 6.03 Å². The number of amides is 2. The molecule has 142 valence electrons. The fourth-order valence-electron chi connectivity index (χ4n) is 3.67. The highest BCUT2D eigenvalue weighted by Crippen LogP contribution is 2.39. The van der Waals surface area contributed by atoms with Crippen molar-refractivity contribution >= 4 is 39.9 Å². The van der Waals surface area contributed by atoms with Crippen molar-refractivity contribution in [3.05, 3.63) is 101 Å². The highest BCUT2D eigenvalue weighted by Gasteiger charge is 2.32. The van der Waals surface area contributed by atoms with Crippen molar-refractivity contribution in [3.8, 4) is 0 Å². The number of H-pyrrole nitrogens is 1. The average Bonchev–Trinajstić information content (AvgIpc) is 3.18. The van der Waals surface area contributed by atoms with E-state index >= 15 is 0 Å². The van der Waals surface area contributed by atoms with Gasteiger partial charge in [0.25, 0.3) is 0 Å². The number of carbonyl (C=O) groups excluding carboxylic acids is 1. The zero-order valence-electron chi connectivity index (χ0n) is 15.3. The highest BCUT2D eigenvalue weighted by atomic mass is 35.5. The van der Waals surface area contributed by atoms with Gasteiger partial charge in [-0.2, -0.15) is 0 Å². The van der Waals surface area contributed by atoms with Crippen LogP contribution in [0.25, 0.3) is 22.3 Å². The Labute approximate surface area is 172 Å². The van der Waals surface area contributed by atoms with Crippen LogP contribution in [-0.4, -0.2) is 16.0 Å². The number of urea groups is 1. The van der Waals surface area contributed by atoms with Gasteiger partial charge in [0.05, 0.1) is 22.8 Å². The van der Waals surface area contributed by atoms with Crippen molar-refractivity contribution in [1.82, 2.24) is 20.6 Å². The van der Waals surface area contributed by atoms with E-state index in [0.717, 1.165) is 27.7 Å². The fourth-order valence-corrected chi connectivity index (χ4v) is 3.92. The number of rotatable bonds is 3. The maximum atomic E-state index is 12.6. The molecule has 0 saturated heterocycles. The number of aromatic amines is 1. The Morgan fingerprint density at radius 2 is 1.59 bits per heavy atom. The summed E-state index contributed by atoms with van der Waals surface area (Å²) < 4.78 is 0. The third-order valence-electron chi connectivity index (χ3n) is 5.00. The van der Waals surface area contributed by atoms with Crippen molar-refractivity contribution in [2.24, 2.45) is 0 Å². The van der Waals surface area contributed by atoms with Gasteiger partial charge in [-0.15, -0.1) is 0 Å². The van der Waals surface area contributed by atoms with Gasteiger partial charge in [-0.05, 0) is 29.3 Å². The lowest BCUT2D eigenvalue weighted by atomic mass is 9.92. The van der Waals surface area contributed by atoms with Crippen LogP contribution in [0.4, 0.5) is 4.79 Å². The van der Waals surface area contributed by atoms with Gasteiger partial charge < -0.3 is 15.6 Å². The van der Waals surface area contributed by atoms with E-state index < -0.39 is 6.04 Å². The van der Waals surface area contributed by atoms with E-state index in [9.17, 15) is 4.79 Å². The standard InChI is InChI=1S/C23H17ClN4O/c24-16-11-5-4-10-15(16)21-19(22-25-17-12-6-7-13-18(17)26-22)20(27-23(29)28-21)14-8-2-1-3-9-14/h1-13,21H,(H,25,26)(H2,27,28,29)/t21-/m1/s1. The predicted octanol–water partition coefficient (Wildman–Crippen LogP) is 5.14. The summed E-state index contributed by atoms with van der Waals surface area (Å²) in [6.45, 7) is 0. The molecule has 29 heavy (non-hydrogen) atoms. The van der Waals surface area contributed by atoms with E-state index in [4.69, 9.17) is 16.6 Å². The molecule has 1 aliphatic heterocycles. The number of aromatic nitrogens is 2. The number of carbonyl (C=O) groups is 1. The topological polar surface area (TPSA) is 69.8 Å². The van der Waals surface area contributed by atoms with Crippen molar-refractivity contribution < 1.29 is 4.79 Å².